The zero-order valence-electron chi connectivity index (χ0n) is 13.8. The molecule has 1 aromatic carbocycles. The second-order valence-electron chi connectivity index (χ2n) is 6.33. The van der Waals surface area contributed by atoms with Gasteiger partial charge in [0.25, 0.3) is 0 Å². The fourth-order valence-electron chi connectivity index (χ4n) is 3.81. The molecule has 6 heteroatoms. The number of hydrogen-bond acceptors (Lipinski definition) is 3. The highest BCUT2D eigenvalue weighted by Crippen LogP contribution is 2.54. The number of nitrogens with one attached hydrogen (secondary N) is 1. The summed E-state index contributed by atoms with van der Waals surface area (Å²) in [5.74, 6) is 1.87. The Labute approximate surface area is 155 Å². The third-order valence-electron chi connectivity index (χ3n) is 5.17. The number of benzene rings is 1. The maximum Gasteiger partial charge on any atom is 0.193 e. The molecule has 2 saturated carbocycles. The van der Waals surface area contributed by atoms with Gasteiger partial charge in [-0.25, -0.2) is 4.99 Å². The van der Waals surface area contributed by atoms with Crippen LogP contribution in [-0.4, -0.2) is 26.2 Å². The number of nitrogens with zero attached hydrogens (tertiary/aromatic N) is 1. The van der Waals surface area contributed by atoms with E-state index in [0.717, 1.165) is 12.1 Å². The molecule has 0 aromatic heterocycles. The highest BCUT2D eigenvalue weighted by molar-refractivity contribution is 14.0. The summed E-state index contributed by atoms with van der Waals surface area (Å²) in [6, 6.07) is 6.03. The van der Waals surface area contributed by atoms with Crippen LogP contribution < -0.4 is 20.5 Å². The van der Waals surface area contributed by atoms with Gasteiger partial charge < -0.3 is 20.5 Å². The Morgan fingerprint density at radius 3 is 2.43 bits per heavy atom. The monoisotopic (exact) mass is 431 g/mol. The summed E-state index contributed by atoms with van der Waals surface area (Å²) in [4.78, 5) is 4.72. The van der Waals surface area contributed by atoms with Gasteiger partial charge in [-0.1, -0.05) is 12.8 Å². The SMILES string of the molecule is COc1ccc(NC(N)=NC2CCC23CCCC3)cc1OC.I. The standard InChI is InChI=1S/C17H25N3O2.HI/c1-21-13-6-5-12(11-14(13)22-2)19-16(18)20-15-7-10-17(15)8-3-4-9-17;/h5-6,11,15H,3-4,7-10H2,1-2H3,(H3,18,19,20);1H. The van der Waals surface area contributed by atoms with Gasteiger partial charge >= 0.3 is 0 Å². The maximum absolute atomic E-state index is 6.10. The zero-order chi connectivity index (χ0) is 15.6. The highest BCUT2D eigenvalue weighted by Gasteiger charge is 2.48. The molecule has 1 aromatic rings. The Bertz CT molecular complexity index is 571. The molecule has 0 saturated heterocycles. The van der Waals surface area contributed by atoms with Gasteiger partial charge in [-0.3, -0.25) is 0 Å². The molecule has 0 aliphatic heterocycles. The Kier molecular flexibility index (Phi) is 6.00. The van der Waals surface area contributed by atoms with Crippen LogP contribution in [0.3, 0.4) is 0 Å². The van der Waals surface area contributed by atoms with Gasteiger partial charge in [0.2, 0.25) is 0 Å². The van der Waals surface area contributed by atoms with Crippen molar-refractivity contribution in [3.05, 3.63) is 18.2 Å². The molecule has 3 rings (SSSR count). The van der Waals surface area contributed by atoms with Crippen molar-refractivity contribution >= 4 is 35.6 Å². The summed E-state index contributed by atoms with van der Waals surface area (Å²) >= 11 is 0. The molecular weight excluding hydrogens is 405 g/mol. The van der Waals surface area contributed by atoms with E-state index in [2.05, 4.69) is 5.32 Å². The topological polar surface area (TPSA) is 68.9 Å². The number of anilines is 1. The summed E-state index contributed by atoms with van der Waals surface area (Å²) in [5, 5.41) is 3.17. The van der Waals surface area contributed by atoms with Crippen LogP contribution in [0.5, 0.6) is 11.5 Å². The number of halogens is 1. The van der Waals surface area contributed by atoms with Crippen molar-refractivity contribution in [2.24, 2.45) is 16.1 Å². The molecule has 2 aliphatic carbocycles. The van der Waals surface area contributed by atoms with Crippen LogP contribution in [0, 0.1) is 5.41 Å². The predicted octanol–water partition coefficient (Wildman–Crippen LogP) is 3.77. The predicted molar refractivity (Wildman–Crippen MR) is 104 cm³/mol. The number of ether oxygens (including phenoxy) is 2. The molecule has 1 spiro atoms. The van der Waals surface area contributed by atoms with Gasteiger partial charge in [0.1, 0.15) is 0 Å². The van der Waals surface area contributed by atoms with Gasteiger partial charge in [-0.2, -0.15) is 0 Å². The van der Waals surface area contributed by atoms with E-state index in [1.165, 1.54) is 32.1 Å². The number of nitrogens with two attached hydrogens (primary N) is 1. The van der Waals surface area contributed by atoms with Crippen LogP contribution in [0.4, 0.5) is 5.69 Å². The van der Waals surface area contributed by atoms with E-state index < -0.39 is 0 Å². The number of methoxy groups -OCH3 is 2. The van der Waals surface area contributed by atoms with E-state index in [1.54, 1.807) is 14.2 Å². The molecule has 0 amide bonds. The zero-order valence-corrected chi connectivity index (χ0v) is 16.1. The molecule has 0 bridgehead atoms. The Hall–Kier alpha value is -1.18. The van der Waals surface area contributed by atoms with E-state index in [4.69, 9.17) is 20.2 Å². The van der Waals surface area contributed by atoms with E-state index in [-0.39, 0.29) is 24.0 Å². The van der Waals surface area contributed by atoms with Crippen LogP contribution in [0.25, 0.3) is 0 Å². The third kappa shape index (κ3) is 3.67. The fourth-order valence-corrected chi connectivity index (χ4v) is 3.81. The minimum atomic E-state index is 0. The smallest absolute Gasteiger partial charge is 0.193 e. The van der Waals surface area contributed by atoms with E-state index in [9.17, 15) is 0 Å². The van der Waals surface area contributed by atoms with Crippen molar-refractivity contribution in [2.45, 2.75) is 44.6 Å². The summed E-state index contributed by atoms with van der Waals surface area (Å²) in [6.07, 6.45) is 7.78. The van der Waals surface area contributed by atoms with Crippen LogP contribution in [0.1, 0.15) is 38.5 Å². The minimum absolute atomic E-state index is 0. The molecule has 2 aliphatic rings. The van der Waals surface area contributed by atoms with Crippen molar-refractivity contribution in [1.82, 2.24) is 0 Å². The molecule has 1 unspecified atom stereocenters. The summed E-state index contributed by atoms with van der Waals surface area (Å²) in [6.45, 7) is 0. The van der Waals surface area contributed by atoms with Gasteiger partial charge in [-0.05, 0) is 43.2 Å². The first-order chi connectivity index (χ1) is 10.7. The van der Waals surface area contributed by atoms with Gasteiger partial charge in [0.15, 0.2) is 17.5 Å². The lowest BCUT2D eigenvalue weighted by atomic mass is 9.63. The Morgan fingerprint density at radius 1 is 1.17 bits per heavy atom. The molecule has 23 heavy (non-hydrogen) atoms. The first kappa shape index (κ1) is 18.2. The second kappa shape index (κ2) is 7.59. The molecule has 128 valence electrons. The van der Waals surface area contributed by atoms with Crippen LogP contribution in [0.2, 0.25) is 0 Å². The van der Waals surface area contributed by atoms with Crippen molar-refractivity contribution in [3.8, 4) is 11.5 Å². The third-order valence-corrected chi connectivity index (χ3v) is 5.17. The lowest BCUT2D eigenvalue weighted by Crippen LogP contribution is -2.43. The van der Waals surface area contributed by atoms with Crippen LogP contribution in [-0.2, 0) is 0 Å². The second-order valence-corrected chi connectivity index (χ2v) is 6.33. The number of guanidine groups is 1. The van der Waals surface area contributed by atoms with Crippen molar-refractivity contribution in [2.75, 3.05) is 19.5 Å². The first-order valence-electron chi connectivity index (χ1n) is 7.99. The highest BCUT2D eigenvalue weighted by atomic mass is 127. The lowest BCUT2D eigenvalue weighted by Gasteiger charge is -2.45. The largest absolute Gasteiger partial charge is 0.493 e. The van der Waals surface area contributed by atoms with Gasteiger partial charge in [0.05, 0.1) is 20.3 Å². The average Bonchev–Trinajstić information content (AvgIpc) is 3.03. The molecule has 0 radical (unpaired) electrons. The lowest BCUT2D eigenvalue weighted by molar-refractivity contribution is 0.104. The van der Waals surface area contributed by atoms with Crippen LogP contribution >= 0.6 is 24.0 Å². The van der Waals surface area contributed by atoms with Gasteiger partial charge in [-0.15, -0.1) is 24.0 Å². The maximum atomic E-state index is 6.10. The number of rotatable bonds is 4. The van der Waals surface area contributed by atoms with E-state index in [0.29, 0.717) is 28.9 Å². The van der Waals surface area contributed by atoms with Crippen LogP contribution in [0.15, 0.2) is 23.2 Å². The molecule has 1 atom stereocenters. The van der Waals surface area contributed by atoms with Crippen molar-refractivity contribution in [1.29, 1.82) is 0 Å². The summed E-state index contributed by atoms with van der Waals surface area (Å²) in [7, 11) is 3.25. The van der Waals surface area contributed by atoms with E-state index in [1.807, 2.05) is 18.2 Å². The number of aliphatic imine (C=N–C) groups is 1. The Morgan fingerprint density at radius 2 is 1.87 bits per heavy atom. The molecule has 5 nitrogen and oxygen atoms in total. The molecular formula is C17H26IN3O2. The first-order valence-corrected chi connectivity index (χ1v) is 7.99. The van der Waals surface area contributed by atoms with E-state index >= 15 is 0 Å². The average molecular weight is 431 g/mol. The minimum Gasteiger partial charge on any atom is -0.493 e. The van der Waals surface area contributed by atoms with Crippen molar-refractivity contribution in [3.63, 3.8) is 0 Å². The Balaban J connectivity index is 0.00000192. The summed E-state index contributed by atoms with van der Waals surface area (Å²) in [5.41, 5.74) is 7.40. The fraction of sp³-hybridized carbons (Fsp3) is 0.588. The van der Waals surface area contributed by atoms with Crippen molar-refractivity contribution < 1.29 is 9.47 Å². The number of hydrogen-bond donors (Lipinski definition) is 2. The van der Waals surface area contributed by atoms with Gasteiger partial charge in [0, 0.05) is 11.8 Å². The quantitative estimate of drug-likeness (QED) is 0.433. The molecule has 3 N–H and O–H groups in total. The summed E-state index contributed by atoms with van der Waals surface area (Å²) < 4.78 is 10.5. The molecule has 0 heterocycles. The molecule has 2 fully saturated rings. The normalized spacial score (nSPS) is 22.2.